The van der Waals surface area contributed by atoms with Gasteiger partial charge in [-0.2, -0.15) is 4.98 Å². The molecule has 790 valence electrons. The fourth-order valence-electron chi connectivity index (χ4n) is 17.0. The second-order valence-corrected chi connectivity index (χ2v) is 53.5. The number of nitrogens with two attached hydrogens (primary N) is 4. The Labute approximate surface area is 851 Å². The lowest BCUT2D eigenvalue weighted by Gasteiger charge is -2.29. The van der Waals surface area contributed by atoms with Crippen LogP contribution in [0.2, 0.25) is 0 Å². The number of imidazole rings is 3. The average molecular weight is 2300 g/mol. The molecule has 59 nitrogen and oxygen atoms in total. The van der Waals surface area contributed by atoms with Crippen LogP contribution >= 0.6 is 47.0 Å². The summed E-state index contributed by atoms with van der Waals surface area (Å²) in [6.45, 7) is -28.1. The summed E-state index contributed by atoms with van der Waals surface area (Å²) in [5.41, 5.74) is 20.9. The zero-order valence-electron chi connectivity index (χ0n) is 76.3. The van der Waals surface area contributed by atoms with E-state index in [9.17, 15) is 67.8 Å². The van der Waals surface area contributed by atoms with Crippen molar-refractivity contribution >= 4 is 186 Å². The van der Waals surface area contributed by atoms with Crippen molar-refractivity contribution in [3.63, 3.8) is 0 Å². The fourth-order valence-corrected chi connectivity index (χ4v) is 26.8. The highest BCUT2D eigenvalue weighted by Crippen LogP contribution is 2.59. The summed E-state index contributed by atoms with van der Waals surface area (Å²) < 4.78 is 138. The molecule has 145 heavy (non-hydrogen) atoms. The van der Waals surface area contributed by atoms with E-state index in [4.69, 9.17) is 202 Å². The summed E-state index contributed by atoms with van der Waals surface area (Å²) in [7, 11) is 1.15. The van der Waals surface area contributed by atoms with Crippen LogP contribution in [0.5, 0.6) is 0 Å². The van der Waals surface area contributed by atoms with Gasteiger partial charge in [-0.05, 0) is 117 Å². The second kappa shape index (κ2) is 44.1. The van der Waals surface area contributed by atoms with E-state index in [1.54, 1.807) is 13.8 Å². The summed E-state index contributed by atoms with van der Waals surface area (Å²) in [4.78, 5) is 223. The van der Waals surface area contributed by atoms with Crippen molar-refractivity contribution in [1.82, 2.24) is 96.8 Å². The number of aryl methyl sites for hydroxylation is 4. The van der Waals surface area contributed by atoms with Crippen molar-refractivity contribution in [2.24, 2.45) is 0 Å². The quantitative estimate of drug-likeness (QED) is 0.0241. The van der Waals surface area contributed by atoms with Gasteiger partial charge in [0.25, 0.3) is 16.7 Å². The van der Waals surface area contributed by atoms with Crippen LogP contribution in [0, 0.1) is 27.7 Å². The van der Waals surface area contributed by atoms with Crippen molar-refractivity contribution in [3.8, 4) is 0 Å². The molecule has 0 bridgehead atoms. The molecule has 0 aliphatic carbocycles. The molecule has 17 rings (SSSR count). The highest BCUT2D eigenvalue weighted by molar-refractivity contribution is 8.09. The molecule has 7 aliphatic rings. The smallest absolute Gasteiger partial charge is 0.351 e. The minimum Gasteiger partial charge on any atom is -0.383 e. The Morgan fingerprint density at radius 3 is 0.814 bits per heavy atom. The van der Waals surface area contributed by atoms with E-state index < -0.39 is 255 Å². The molecule has 10 aromatic heterocycles. The molecule has 10 aromatic rings. The standard InChI is InChI=1S/C72H95N24O35P7S7/c1-7-35-36(8-49(118-35)91-16-32(3)66(97)87-70(91)101)126-133(105,140)112-20-45-39(10-51(120-45)92-17-33(4)67(98)88-71(92)102)128-135(107,142)114-22-46-40(11-52(121-46)93-18-34(5)68(99)89-72(93)103)129-136(108,143)116-23-47-42(14-55(123-47)96-30-85-58-62(76)79-27-82-65(58)96)131-138(110,145)117-24-48-41(13-54(124-48)95-29-84-57-61(75)78-26-81-64(57)95)130-137(109,144)115-21-44-38(9-50(119-44)90-15-31(2)59(73)86-69(90)100)127-134(106,141)113-19-43-37(125-132(104,139)111-6)12-53(122-43)94-28-83-56-60(74)77-25-80-63(56)94/h15-18,25-30,35-55H,7-14,19-24H2,1-6H3,(H,104,139)(H,105,140)(H,106,141)(H,107,142)(H,108,143)(H,109,144)(H,110,145)(H2,73,86,100)(H2,74,77,80)(H2,75,78,81)(H2,76,79,82)(H,87,97,101)(H,88,98,102)(H,89,99,103)/t35-,36-,37-,38-,39-,40-,41-,42-,43-,44-,45-,46-,47-,48-,49-,50-,51-,52-,53-,54-,55-,132?,133?,134?,135?,136?,137?,138?/m1/s1. The Morgan fingerprint density at radius 2 is 0.559 bits per heavy atom. The SMILES string of the molecule is CC[C@H]1O[C@@H](n2cc(C)c(=O)[nH]c2=O)C[C@H]1OP(O)(=S)OC[C@H]1O[C@@H](n2cc(C)c(=O)[nH]c2=O)C[C@H]1OP(O)(=S)OC[C@H]1O[C@@H](n2cc(C)c(=O)[nH]c2=O)C[C@H]1OP(O)(=S)OC[C@H]1O[C@@H](n2cnc3c(N)ncnc32)C[C@H]1OP(O)(=S)OC[C@H]1O[C@@H](n2cnc3c(N)ncnc32)C[C@H]1OP(O)(=S)OC[C@H]1O[C@@H](n2cc(C)c(N)nc2=O)C[C@H]1OP(O)(=S)OC[C@H]1O[C@@H](n2cnc3c(N)ncnc32)C[C@H]1OP(O)(=S)OC. The van der Waals surface area contributed by atoms with Crippen molar-refractivity contribution in [3.05, 3.63) is 158 Å². The van der Waals surface area contributed by atoms with E-state index >= 15 is 0 Å². The first-order valence-corrected chi connectivity index (χ1v) is 61.8. The zero-order chi connectivity index (χ0) is 104. The van der Waals surface area contributed by atoms with Crippen LogP contribution in [0.25, 0.3) is 33.5 Å². The van der Waals surface area contributed by atoms with E-state index in [0.717, 1.165) is 20.8 Å². The maximum Gasteiger partial charge on any atom is 0.351 e. The van der Waals surface area contributed by atoms with Crippen LogP contribution in [-0.4, -0.2) is 263 Å². The Bertz CT molecular complexity index is 7400. The Balaban J connectivity index is 0.582. The predicted octanol–water partition coefficient (Wildman–Crippen LogP) is 1.36. The summed E-state index contributed by atoms with van der Waals surface area (Å²) in [6.07, 6.45) is -14.6. The molecule has 7 aliphatic heterocycles. The van der Waals surface area contributed by atoms with Crippen molar-refractivity contribution in [2.75, 3.05) is 69.7 Å². The molecule has 0 saturated carbocycles. The molecular weight excluding hydrogens is 2200 g/mol. The van der Waals surface area contributed by atoms with E-state index in [-0.39, 0.29) is 118 Å². The Hall–Kier alpha value is -6.80. The molecule has 18 N–H and O–H groups in total. The van der Waals surface area contributed by atoms with Crippen LogP contribution in [0.4, 0.5) is 23.3 Å². The monoisotopic (exact) mass is 2300 g/mol. The second-order valence-electron chi connectivity index (χ2n) is 33.9. The Morgan fingerprint density at radius 1 is 0.331 bits per heavy atom. The van der Waals surface area contributed by atoms with Gasteiger partial charge in [0.05, 0.1) is 107 Å². The molecule has 7 fully saturated rings. The van der Waals surface area contributed by atoms with Gasteiger partial charge in [-0.15, -0.1) is 0 Å². The first kappa shape index (κ1) is 109. The molecule has 0 amide bonds. The van der Waals surface area contributed by atoms with Crippen LogP contribution in [0.15, 0.2) is 96.3 Å². The molecule has 17 heterocycles. The molecule has 0 aromatic carbocycles. The van der Waals surface area contributed by atoms with Gasteiger partial charge in [-0.1, -0.05) is 6.92 Å². The summed E-state index contributed by atoms with van der Waals surface area (Å²) >= 11 is 39.2. The maximum atomic E-state index is 13.6. The average Bonchev–Trinajstić information content (AvgIpc) is 1.63. The lowest BCUT2D eigenvalue weighted by molar-refractivity contribution is -0.0571. The number of aromatic nitrogens is 20. The number of H-pyrrole nitrogens is 3. The third-order valence-corrected chi connectivity index (χ3v) is 35.4. The van der Waals surface area contributed by atoms with Gasteiger partial charge in [-0.25, -0.2) is 64.0 Å². The minimum absolute atomic E-state index is 0.000977. The summed E-state index contributed by atoms with van der Waals surface area (Å²) in [6, 6.07) is 0. The largest absolute Gasteiger partial charge is 0.383 e. The number of ether oxygens (including phenoxy) is 7. The number of aromatic amines is 3. The minimum atomic E-state index is -4.73. The molecule has 0 spiro atoms. The summed E-state index contributed by atoms with van der Waals surface area (Å²) in [5.74, 6) is -0.0120. The number of fused-ring (bicyclic) bond motifs is 3. The molecule has 7 unspecified atom stereocenters. The van der Waals surface area contributed by atoms with Crippen molar-refractivity contribution in [1.29, 1.82) is 0 Å². The zero-order valence-corrected chi connectivity index (χ0v) is 88.2. The van der Waals surface area contributed by atoms with Gasteiger partial charge >= 0.3 is 69.8 Å². The van der Waals surface area contributed by atoms with E-state index in [1.165, 1.54) is 102 Å². The van der Waals surface area contributed by atoms with Gasteiger partial charge in [0.1, 0.15) is 122 Å². The van der Waals surface area contributed by atoms with Crippen molar-refractivity contribution < 1.29 is 131 Å². The third-order valence-electron chi connectivity index (χ3n) is 24.1. The van der Waals surface area contributed by atoms with E-state index in [1.807, 2.05) is 0 Å². The number of anilines is 4. The van der Waals surface area contributed by atoms with Gasteiger partial charge in [-0.3, -0.25) is 61.3 Å². The molecule has 28 atom stereocenters. The van der Waals surface area contributed by atoms with E-state index in [2.05, 4.69) is 64.8 Å². The van der Waals surface area contributed by atoms with Gasteiger partial charge < -0.3 is 154 Å². The first-order valence-electron chi connectivity index (χ1n) is 43.6. The van der Waals surface area contributed by atoms with E-state index in [0.29, 0.717) is 12.0 Å². The predicted molar refractivity (Wildman–Crippen MR) is 527 cm³/mol. The molecular formula is C72H95N24O35P7S7. The Kier molecular flexibility index (Phi) is 33.3. The van der Waals surface area contributed by atoms with Crippen molar-refractivity contribution in [2.45, 2.75) is 215 Å². The van der Waals surface area contributed by atoms with Crippen LogP contribution in [0.1, 0.15) is 124 Å². The lowest BCUT2D eigenvalue weighted by Crippen LogP contribution is -2.33. The van der Waals surface area contributed by atoms with Gasteiger partial charge in [0, 0.05) is 99.1 Å². The number of hydrogen-bond donors (Lipinski definition) is 14. The van der Waals surface area contributed by atoms with Crippen LogP contribution in [-0.2, 0) is 179 Å². The normalized spacial score (nSPS) is 29.6. The maximum absolute atomic E-state index is 13.6. The molecule has 0 radical (unpaired) electrons. The highest BCUT2D eigenvalue weighted by Gasteiger charge is 2.52. The van der Waals surface area contributed by atoms with Crippen LogP contribution < -0.4 is 62.4 Å². The number of nitrogens with zero attached hydrogens (tertiary/aromatic N) is 17. The summed E-state index contributed by atoms with van der Waals surface area (Å²) in [5, 5.41) is 0. The highest BCUT2D eigenvalue weighted by atomic mass is 32.5. The third kappa shape index (κ3) is 25.4. The molecule has 7 saturated heterocycles. The lowest BCUT2D eigenvalue weighted by atomic mass is 10.1. The van der Waals surface area contributed by atoms with Gasteiger partial charge in [0.15, 0.2) is 34.4 Å². The van der Waals surface area contributed by atoms with Crippen LogP contribution in [0.3, 0.4) is 0 Å². The number of nitrogen functional groups attached to an aromatic ring is 4. The topological polar surface area (TPSA) is 770 Å². The number of nitrogens with one attached hydrogen (secondary N) is 3. The number of hydrogen-bond acceptors (Lipinski definition) is 49. The first-order chi connectivity index (χ1) is 68.4. The fraction of sp³-hybridized carbons (Fsp3) is 0.569. The van der Waals surface area contributed by atoms with Gasteiger partial charge in [0.2, 0.25) is 0 Å². The number of rotatable bonds is 41. The molecule has 73 heteroatoms.